The van der Waals surface area contributed by atoms with E-state index in [-0.39, 0.29) is 6.71 Å². The Morgan fingerprint density at radius 3 is 1.79 bits per heavy atom. The molecule has 0 atom stereocenters. The number of aromatic nitrogens is 1. The molecule has 0 radical (unpaired) electrons. The molecular formula is C48H31BN2O2. The molecule has 2 aliphatic rings. The number of hydrogen-bond donors (Lipinski definition) is 0. The van der Waals surface area contributed by atoms with E-state index in [1.54, 1.807) is 0 Å². The van der Waals surface area contributed by atoms with Gasteiger partial charge in [-0.25, -0.2) is 0 Å². The molecule has 0 aliphatic carbocycles. The summed E-state index contributed by atoms with van der Waals surface area (Å²) in [6.45, 7) is -0.0115. The first kappa shape index (κ1) is 29.7. The smallest absolute Gasteiger partial charge is 0.260 e. The summed E-state index contributed by atoms with van der Waals surface area (Å²) in [5.74, 6) is 3.44. The molecule has 248 valence electrons. The molecule has 0 fully saturated rings. The van der Waals surface area contributed by atoms with Crippen LogP contribution in [0.25, 0.3) is 38.6 Å². The average molecular weight is 679 g/mol. The van der Waals surface area contributed by atoms with Crippen LogP contribution in [0.15, 0.2) is 188 Å². The maximum Gasteiger partial charge on any atom is 0.260 e. The number of nitrogens with zero attached hydrogens (tertiary/aromatic N) is 2. The summed E-state index contributed by atoms with van der Waals surface area (Å²) in [7, 11) is 0. The minimum absolute atomic E-state index is 0.0115. The number of rotatable bonds is 5. The third-order valence-electron chi connectivity index (χ3n) is 10.7. The van der Waals surface area contributed by atoms with E-state index in [9.17, 15) is 0 Å². The zero-order chi connectivity index (χ0) is 34.9. The van der Waals surface area contributed by atoms with Gasteiger partial charge in [0.2, 0.25) is 0 Å². The molecule has 1 aromatic heterocycles. The number of benzene rings is 8. The van der Waals surface area contributed by atoms with Gasteiger partial charge in [0, 0.05) is 39.0 Å². The van der Waals surface area contributed by atoms with Gasteiger partial charge in [0.1, 0.15) is 17.2 Å². The van der Waals surface area contributed by atoms with Crippen LogP contribution >= 0.6 is 0 Å². The summed E-state index contributed by atoms with van der Waals surface area (Å²) in [6.07, 6.45) is 0. The molecule has 0 spiro atoms. The Bertz CT molecular complexity index is 2840. The summed E-state index contributed by atoms with van der Waals surface area (Å²) < 4.78 is 16.1. The first-order valence-electron chi connectivity index (χ1n) is 18.0. The molecule has 3 heterocycles. The molecule has 0 bridgehead atoms. The van der Waals surface area contributed by atoms with Crippen molar-refractivity contribution >= 4 is 62.0 Å². The molecule has 9 aromatic rings. The fourth-order valence-corrected chi connectivity index (χ4v) is 8.38. The molecule has 2 aliphatic heterocycles. The number of para-hydroxylation sites is 4. The van der Waals surface area contributed by atoms with Crippen molar-refractivity contribution in [2.24, 2.45) is 0 Å². The van der Waals surface area contributed by atoms with Gasteiger partial charge in [-0.05, 0) is 88.8 Å². The molecule has 4 nitrogen and oxygen atoms in total. The van der Waals surface area contributed by atoms with Gasteiger partial charge < -0.3 is 18.9 Å². The Morgan fingerprint density at radius 1 is 0.434 bits per heavy atom. The van der Waals surface area contributed by atoms with Crippen LogP contribution in [0.1, 0.15) is 0 Å². The topological polar surface area (TPSA) is 26.6 Å². The van der Waals surface area contributed by atoms with Crippen molar-refractivity contribution < 1.29 is 9.47 Å². The van der Waals surface area contributed by atoms with Gasteiger partial charge in [-0.1, -0.05) is 121 Å². The molecule has 8 aromatic carbocycles. The van der Waals surface area contributed by atoms with E-state index in [1.165, 1.54) is 11.1 Å². The van der Waals surface area contributed by atoms with Gasteiger partial charge in [0.25, 0.3) is 6.71 Å². The van der Waals surface area contributed by atoms with Crippen LogP contribution in [-0.2, 0) is 0 Å². The predicted octanol–water partition coefficient (Wildman–Crippen LogP) is 10.6. The van der Waals surface area contributed by atoms with Crippen LogP contribution < -0.4 is 30.8 Å². The van der Waals surface area contributed by atoms with Gasteiger partial charge in [-0.3, -0.25) is 0 Å². The molecule has 0 N–H and O–H groups in total. The molecule has 53 heavy (non-hydrogen) atoms. The number of ether oxygens (including phenoxy) is 2. The largest absolute Gasteiger partial charge is 0.458 e. The zero-order valence-corrected chi connectivity index (χ0v) is 28.7. The molecule has 5 heteroatoms. The molecule has 0 saturated carbocycles. The third-order valence-corrected chi connectivity index (χ3v) is 10.7. The maximum absolute atomic E-state index is 7.00. The first-order chi connectivity index (χ1) is 26.3. The molecule has 0 unspecified atom stereocenters. The quantitative estimate of drug-likeness (QED) is 0.170. The minimum Gasteiger partial charge on any atom is -0.458 e. The lowest BCUT2D eigenvalue weighted by Crippen LogP contribution is -2.57. The van der Waals surface area contributed by atoms with E-state index in [2.05, 4.69) is 191 Å². The fraction of sp³-hybridized carbons (Fsp3) is 0. The van der Waals surface area contributed by atoms with Crippen molar-refractivity contribution in [2.45, 2.75) is 0 Å². The zero-order valence-electron chi connectivity index (χ0n) is 28.7. The normalized spacial score (nSPS) is 12.4. The lowest BCUT2D eigenvalue weighted by molar-refractivity contribution is 0.467. The van der Waals surface area contributed by atoms with E-state index >= 15 is 0 Å². The van der Waals surface area contributed by atoms with Crippen LogP contribution in [0, 0.1) is 0 Å². The first-order valence-corrected chi connectivity index (χ1v) is 18.0. The monoisotopic (exact) mass is 678 g/mol. The highest BCUT2D eigenvalue weighted by atomic mass is 16.5. The van der Waals surface area contributed by atoms with Crippen molar-refractivity contribution in [3.05, 3.63) is 188 Å². The summed E-state index contributed by atoms with van der Waals surface area (Å²) in [4.78, 5) is 2.34. The summed E-state index contributed by atoms with van der Waals surface area (Å²) >= 11 is 0. The standard InChI is InChI=1S/C48H31BN2O2/c1-4-15-32(16-5-1)33-17-14-22-36(29-33)50(34-18-6-2-7-19-34)37-27-28-38-39-31-45-46-48(47(39)51(42(38)30-37)35-20-8-3-9-21-35)53-44-26-13-11-24-41(44)49(46)40-23-10-12-25-43(40)52-45/h1-31H. The summed E-state index contributed by atoms with van der Waals surface area (Å²) in [5.41, 5.74) is 12.1. The Morgan fingerprint density at radius 2 is 1.04 bits per heavy atom. The van der Waals surface area contributed by atoms with Crippen LogP contribution in [-0.4, -0.2) is 11.3 Å². The van der Waals surface area contributed by atoms with Crippen LogP contribution in [0.4, 0.5) is 17.1 Å². The predicted molar refractivity (Wildman–Crippen MR) is 219 cm³/mol. The second-order valence-corrected chi connectivity index (χ2v) is 13.7. The lowest BCUT2D eigenvalue weighted by atomic mass is 9.35. The van der Waals surface area contributed by atoms with E-state index < -0.39 is 0 Å². The Hall–Kier alpha value is -6.98. The summed E-state index contributed by atoms with van der Waals surface area (Å²) in [5, 5.41) is 2.21. The van der Waals surface area contributed by atoms with Gasteiger partial charge in [0.15, 0.2) is 5.75 Å². The van der Waals surface area contributed by atoms with E-state index in [0.717, 1.165) is 83.9 Å². The van der Waals surface area contributed by atoms with Crippen molar-refractivity contribution in [1.29, 1.82) is 0 Å². The number of anilines is 3. The van der Waals surface area contributed by atoms with Crippen molar-refractivity contribution in [1.82, 2.24) is 4.57 Å². The minimum atomic E-state index is -0.0115. The highest BCUT2D eigenvalue weighted by molar-refractivity contribution is 6.98. The number of fused-ring (bicyclic) bond motifs is 8. The molecule has 0 saturated heterocycles. The Balaban J connectivity index is 1.19. The van der Waals surface area contributed by atoms with E-state index in [1.807, 2.05) is 6.07 Å². The van der Waals surface area contributed by atoms with Gasteiger partial charge >= 0.3 is 0 Å². The van der Waals surface area contributed by atoms with E-state index in [0.29, 0.717) is 0 Å². The average Bonchev–Trinajstić information content (AvgIpc) is 3.55. The third kappa shape index (κ3) is 4.64. The van der Waals surface area contributed by atoms with Crippen molar-refractivity contribution in [2.75, 3.05) is 4.90 Å². The second kappa shape index (κ2) is 11.8. The second-order valence-electron chi connectivity index (χ2n) is 13.7. The number of hydrogen-bond acceptors (Lipinski definition) is 3. The highest BCUT2D eigenvalue weighted by Gasteiger charge is 2.42. The van der Waals surface area contributed by atoms with Crippen molar-refractivity contribution in [3.63, 3.8) is 0 Å². The Labute approximate surface area is 307 Å². The Kier molecular flexibility index (Phi) is 6.61. The highest BCUT2D eigenvalue weighted by Crippen LogP contribution is 2.46. The van der Waals surface area contributed by atoms with Crippen LogP contribution in [0.2, 0.25) is 0 Å². The van der Waals surface area contributed by atoms with E-state index in [4.69, 9.17) is 9.47 Å². The molecule has 0 amide bonds. The fourth-order valence-electron chi connectivity index (χ4n) is 8.38. The molecule has 11 rings (SSSR count). The van der Waals surface area contributed by atoms with Gasteiger partial charge in [-0.2, -0.15) is 0 Å². The van der Waals surface area contributed by atoms with Crippen LogP contribution in [0.5, 0.6) is 23.0 Å². The van der Waals surface area contributed by atoms with Crippen molar-refractivity contribution in [3.8, 4) is 39.8 Å². The summed E-state index contributed by atoms with van der Waals surface area (Å²) in [6, 6.07) is 66.5. The SMILES string of the molecule is c1ccc(-c2cccc(N(c3ccccc3)c3ccc4c5cc6c7c(c5n(-c5ccccc5)c4c3)Oc3ccccc3B7c3ccccc3O6)c2)cc1. The van der Waals surface area contributed by atoms with Gasteiger partial charge in [-0.15, -0.1) is 0 Å². The molecular weight excluding hydrogens is 647 g/mol. The lowest BCUT2D eigenvalue weighted by Gasteiger charge is -2.33. The van der Waals surface area contributed by atoms with Gasteiger partial charge in [0.05, 0.1) is 11.0 Å². The van der Waals surface area contributed by atoms with Crippen LogP contribution in [0.3, 0.4) is 0 Å². The maximum atomic E-state index is 7.00.